The monoisotopic (exact) mass is 379 g/mol. The van der Waals surface area contributed by atoms with Crippen LogP contribution < -0.4 is 0 Å². The van der Waals surface area contributed by atoms with Crippen LogP contribution in [0.2, 0.25) is 0 Å². The van der Waals surface area contributed by atoms with Gasteiger partial charge in [-0.05, 0) is 44.0 Å². The zero-order valence-electron chi connectivity index (χ0n) is 15.7. The van der Waals surface area contributed by atoms with E-state index in [0.29, 0.717) is 19.6 Å². The number of rotatable bonds is 5. The molecule has 1 amide bonds. The maximum atomic E-state index is 13.1. The molecule has 1 atom stereocenters. The zero-order valence-corrected chi connectivity index (χ0v) is 16.5. The second-order valence-electron chi connectivity index (χ2n) is 7.51. The molecule has 0 saturated carbocycles. The molecule has 1 aromatic rings. The Morgan fingerprint density at radius 3 is 2.31 bits per heavy atom. The molecule has 6 nitrogen and oxygen atoms in total. The Hall–Kier alpha value is -1.44. The minimum atomic E-state index is -3.61. The van der Waals surface area contributed by atoms with Crippen LogP contribution in [0.25, 0.3) is 0 Å². The van der Waals surface area contributed by atoms with Crippen molar-refractivity contribution >= 4 is 15.9 Å². The van der Waals surface area contributed by atoms with Crippen molar-refractivity contribution in [3.05, 3.63) is 30.3 Å². The predicted octanol–water partition coefficient (Wildman–Crippen LogP) is 1.99. The molecule has 0 aliphatic carbocycles. The van der Waals surface area contributed by atoms with E-state index < -0.39 is 16.2 Å². The number of carbonyl (C=O) groups excluding carboxylic acids is 1. The maximum Gasteiger partial charge on any atom is 0.244 e. The molecule has 0 aromatic heterocycles. The summed E-state index contributed by atoms with van der Waals surface area (Å²) < 4.78 is 27.7. The van der Waals surface area contributed by atoms with Crippen LogP contribution in [0.1, 0.15) is 33.1 Å². The first-order chi connectivity index (χ1) is 12.4. The van der Waals surface area contributed by atoms with E-state index in [1.807, 2.05) is 13.8 Å². The van der Waals surface area contributed by atoms with E-state index in [0.717, 1.165) is 25.9 Å². The van der Waals surface area contributed by atoms with Crippen molar-refractivity contribution in [3.63, 3.8) is 0 Å². The zero-order chi connectivity index (χ0) is 18.7. The summed E-state index contributed by atoms with van der Waals surface area (Å²) in [7, 11) is -3.61. The van der Waals surface area contributed by atoms with Gasteiger partial charge in [-0.3, -0.25) is 9.69 Å². The van der Waals surface area contributed by atoms with Crippen LogP contribution in [0.5, 0.6) is 0 Å². The Morgan fingerprint density at radius 1 is 1.04 bits per heavy atom. The van der Waals surface area contributed by atoms with Crippen LogP contribution in [0.3, 0.4) is 0 Å². The molecular weight excluding hydrogens is 350 g/mol. The smallest absolute Gasteiger partial charge is 0.244 e. The number of benzene rings is 1. The van der Waals surface area contributed by atoms with Gasteiger partial charge in [0.15, 0.2) is 0 Å². The molecule has 0 radical (unpaired) electrons. The van der Waals surface area contributed by atoms with Crippen LogP contribution >= 0.6 is 0 Å². The van der Waals surface area contributed by atoms with Gasteiger partial charge >= 0.3 is 0 Å². The van der Waals surface area contributed by atoms with Gasteiger partial charge in [-0.1, -0.05) is 38.5 Å². The fourth-order valence-corrected chi connectivity index (χ4v) is 5.72. The highest BCUT2D eigenvalue weighted by Gasteiger charge is 2.43. The first-order valence-corrected chi connectivity index (χ1v) is 10.9. The summed E-state index contributed by atoms with van der Waals surface area (Å²) in [6.45, 7) is 7.07. The van der Waals surface area contributed by atoms with Crippen molar-refractivity contribution < 1.29 is 13.2 Å². The molecule has 2 fully saturated rings. The lowest BCUT2D eigenvalue weighted by Gasteiger charge is -2.34. The first kappa shape index (κ1) is 19.3. The summed E-state index contributed by atoms with van der Waals surface area (Å²) in [5.74, 6) is 0.0673. The molecule has 2 saturated heterocycles. The molecule has 0 N–H and O–H groups in total. The highest BCUT2D eigenvalue weighted by atomic mass is 32.2. The summed E-state index contributed by atoms with van der Waals surface area (Å²) in [4.78, 5) is 17.1. The molecule has 0 spiro atoms. The van der Waals surface area contributed by atoms with E-state index in [-0.39, 0.29) is 16.7 Å². The van der Waals surface area contributed by atoms with Crippen LogP contribution in [0, 0.1) is 5.92 Å². The summed E-state index contributed by atoms with van der Waals surface area (Å²) in [6.07, 6.45) is 3.08. The van der Waals surface area contributed by atoms with Crippen molar-refractivity contribution in [1.82, 2.24) is 14.1 Å². The Morgan fingerprint density at radius 2 is 1.69 bits per heavy atom. The number of sulfonamides is 1. The molecule has 2 aliphatic heterocycles. The minimum Gasteiger partial charge on any atom is -0.323 e. The number of likely N-dealkylation sites (tertiary alicyclic amines) is 1. The summed E-state index contributed by atoms with van der Waals surface area (Å²) in [6, 6.07) is 8.49. The van der Waals surface area contributed by atoms with E-state index in [1.54, 1.807) is 35.2 Å². The molecule has 2 aliphatic rings. The molecule has 26 heavy (non-hydrogen) atoms. The van der Waals surface area contributed by atoms with Crippen LogP contribution in [0.4, 0.5) is 0 Å². The van der Waals surface area contributed by atoms with Crippen molar-refractivity contribution in [1.29, 1.82) is 0 Å². The first-order valence-electron chi connectivity index (χ1n) is 9.50. The molecule has 3 rings (SSSR count). The van der Waals surface area contributed by atoms with Crippen molar-refractivity contribution in [2.24, 2.45) is 5.92 Å². The summed E-state index contributed by atoms with van der Waals surface area (Å²) in [5, 5.41) is 0. The summed E-state index contributed by atoms with van der Waals surface area (Å²) >= 11 is 0. The third-order valence-corrected chi connectivity index (χ3v) is 7.13. The van der Waals surface area contributed by atoms with Gasteiger partial charge in [0, 0.05) is 13.1 Å². The molecule has 7 heteroatoms. The summed E-state index contributed by atoms with van der Waals surface area (Å²) in [5.41, 5.74) is 0. The molecule has 2 heterocycles. The van der Waals surface area contributed by atoms with Crippen molar-refractivity contribution in [3.8, 4) is 0 Å². The third kappa shape index (κ3) is 3.94. The number of piperidine rings is 1. The normalized spacial score (nSPS) is 22.9. The van der Waals surface area contributed by atoms with E-state index in [2.05, 4.69) is 4.90 Å². The fourth-order valence-electron chi connectivity index (χ4n) is 3.98. The maximum absolute atomic E-state index is 13.1. The number of hydrogen-bond acceptors (Lipinski definition) is 4. The second kappa shape index (κ2) is 8.06. The average molecular weight is 380 g/mol. The molecule has 0 unspecified atom stereocenters. The lowest BCUT2D eigenvalue weighted by molar-refractivity contribution is -0.135. The number of carbonyl (C=O) groups is 1. The molecule has 0 bridgehead atoms. The van der Waals surface area contributed by atoms with E-state index in [4.69, 9.17) is 0 Å². The molecule has 144 valence electrons. The fraction of sp³-hybridized carbons (Fsp3) is 0.632. The number of nitrogens with zero attached hydrogens (tertiary/aromatic N) is 3. The van der Waals surface area contributed by atoms with Gasteiger partial charge in [0.2, 0.25) is 15.9 Å². The molecule has 1 aromatic carbocycles. The van der Waals surface area contributed by atoms with E-state index >= 15 is 0 Å². The molecular formula is C19H29N3O3S. The Balaban J connectivity index is 1.78. The van der Waals surface area contributed by atoms with Crippen LogP contribution in [0.15, 0.2) is 35.2 Å². The third-order valence-electron chi connectivity index (χ3n) is 5.25. The highest BCUT2D eigenvalue weighted by Crippen LogP contribution is 2.28. The van der Waals surface area contributed by atoms with Gasteiger partial charge in [-0.2, -0.15) is 4.31 Å². The lowest BCUT2D eigenvalue weighted by atomic mass is 10.1. The highest BCUT2D eigenvalue weighted by molar-refractivity contribution is 7.89. The van der Waals surface area contributed by atoms with Crippen molar-refractivity contribution in [2.75, 3.05) is 32.7 Å². The van der Waals surface area contributed by atoms with Gasteiger partial charge < -0.3 is 4.90 Å². The number of hydrogen-bond donors (Lipinski definition) is 0. The van der Waals surface area contributed by atoms with E-state index in [1.165, 1.54) is 10.7 Å². The van der Waals surface area contributed by atoms with Crippen molar-refractivity contribution in [2.45, 2.75) is 44.2 Å². The van der Waals surface area contributed by atoms with E-state index in [9.17, 15) is 13.2 Å². The quantitative estimate of drug-likeness (QED) is 0.785. The van der Waals surface area contributed by atoms with Gasteiger partial charge in [0.1, 0.15) is 6.17 Å². The van der Waals surface area contributed by atoms with Crippen LogP contribution in [-0.4, -0.2) is 67.3 Å². The minimum absolute atomic E-state index is 0.0290. The Kier molecular flexibility index (Phi) is 5.99. The van der Waals surface area contributed by atoms with Crippen LogP contribution in [-0.2, 0) is 14.8 Å². The Labute approximate surface area is 156 Å². The average Bonchev–Trinajstić information content (AvgIpc) is 3.10. The van der Waals surface area contributed by atoms with Gasteiger partial charge in [0.05, 0.1) is 11.4 Å². The topological polar surface area (TPSA) is 60.9 Å². The van der Waals surface area contributed by atoms with Gasteiger partial charge in [-0.15, -0.1) is 0 Å². The second-order valence-corrected chi connectivity index (χ2v) is 9.40. The standard InChI is InChI=1S/C19H29N3O3S/c1-16(2)19-21(18(23)15-20-11-7-4-8-12-20)13-14-22(19)26(24,25)17-9-5-3-6-10-17/h3,5-6,9-10,16,19H,4,7-8,11-15H2,1-2H3/t19-/m0/s1. The SMILES string of the molecule is CC(C)[C@H]1N(C(=O)CN2CCCCC2)CCN1S(=O)(=O)c1ccccc1. The van der Waals surface area contributed by atoms with Gasteiger partial charge in [-0.25, -0.2) is 8.42 Å². The Bertz CT molecular complexity index is 715. The van der Waals surface area contributed by atoms with Gasteiger partial charge in [0.25, 0.3) is 0 Å². The predicted molar refractivity (Wildman–Crippen MR) is 101 cm³/mol. The lowest BCUT2D eigenvalue weighted by Crippen LogP contribution is -2.50. The largest absolute Gasteiger partial charge is 0.323 e. The number of amides is 1.